The fourth-order valence-corrected chi connectivity index (χ4v) is 2.89. The summed E-state index contributed by atoms with van der Waals surface area (Å²) in [6.45, 7) is 3.89. The Bertz CT molecular complexity index is 811. The number of nitrogens with zero attached hydrogens (tertiary/aromatic N) is 3. The summed E-state index contributed by atoms with van der Waals surface area (Å²) in [5, 5.41) is 12.4. The normalized spacial score (nSPS) is 16.5. The first kappa shape index (κ1) is 19.6. The summed E-state index contributed by atoms with van der Waals surface area (Å²) >= 11 is 0. The van der Waals surface area contributed by atoms with E-state index in [2.05, 4.69) is 20.7 Å². The molecule has 0 bridgehead atoms. The monoisotopic (exact) mass is 389 g/mol. The maximum Gasteiger partial charge on any atom is 0.273 e. The van der Waals surface area contributed by atoms with Crippen molar-refractivity contribution in [2.75, 3.05) is 40.0 Å². The molecule has 1 aliphatic heterocycles. The van der Waals surface area contributed by atoms with Crippen molar-refractivity contribution in [1.82, 2.24) is 25.6 Å². The van der Waals surface area contributed by atoms with E-state index in [0.29, 0.717) is 43.4 Å². The van der Waals surface area contributed by atoms with Crippen molar-refractivity contribution in [3.63, 3.8) is 0 Å². The topological polar surface area (TPSA) is 119 Å². The molecule has 1 aromatic carbocycles. The van der Waals surface area contributed by atoms with Gasteiger partial charge in [0.15, 0.2) is 17.2 Å². The van der Waals surface area contributed by atoms with Crippen LogP contribution in [0.5, 0.6) is 11.5 Å². The van der Waals surface area contributed by atoms with E-state index in [1.165, 1.54) is 13.3 Å². The Labute approximate surface area is 162 Å². The van der Waals surface area contributed by atoms with Crippen LogP contribution in [0.25, 0.3) is 0 Å². The first-order valence-corrected chi connectivity index (χ1v) is 8.98. The maximum absolute atomic E-state index is 12.9. The summed E-state index contributed by atoms with van der Waals surface area (Å²) < 4.78 is 16.5. The number of ether oxygens (including phenoxy) is 3. The van der Waals surface area contributed by atoms with Gasteiger partial charge in [-0.2, -0.15) is 15.4 Å². The van der Waals surface area contributed by atoms with Gasteiger partial charge < -0.3 is 24.4 Å². The van der Waals surface area contributed by atoms with Crippen LogP contribution in [0, 0.1) is 0 Å². The Morgan fingerprint density at radius 3 is 2.96 bits per heavy atom. The number of carbonyl (C=O) groups excluding carboxylic acids is 2. The highest BCUT2D eigenvalue weighted by Crippen LogP contribution is 2.28. The van der Waals surface area contributed by atoms with Crippen molar-refractivity contribution < 1.29 is 23.8 Å². The molecular formula is C18H23N5O5. The van der Waals surface area contributed by atoms with Crippen LogP contribution in [0.4, 0.5) is 0 Å². The van der Waals surface area contributed by atoms with Crippen LogP contribution in [-0.4, -0.2) is 78.2 Å². The number of morpholine rings is 1. The van der Waals surface area contributed by atoms with Crippen LogP contribution in [0.15, 0.2) is 24.4 Å². The third-order valence-electron chi connectivity index (χ3n) is 4.27. The Hall–Kier alpha value is -3.14. The third-order valence-corrected chi connectivity index (χ3v) is 4.27. The van der Waals surface area contributed by atoms with Crippen molar-refractivity contribution in [2.24, 2.45) is 0 Å². The van der Waals surface area contributed by atoms with E-state index in [-0.39, 0.29) is 30.2 Å². The molecule has 1 atom stereocenters. The number of hydrogen-bond donors (Lipinski definition) is 2. The Morgan fingerprint density at radius 1 is 1.39 bits per heavy atom. The van der Waals surface area contributed by atoms with E-state index < -0.39 is 0 Å². The molecule has 2 N–H and O–H groups in total. The zero-order chi connectivity index (χ0) is 19.9. The van der Waals surface area contributed by atoms with Crippen molar-refractivity contribution in [3.8, 4) is 11.5 Å². The lowest BCUT2D eigenvalue weighted by molar-refractivity contribution is -0.0197. The van der Waals surface area contributed by atoms with Crippen LogP contribution in [-0.2, 0) is 4.74 Å². The van der Waals surface area contributed by atoms with Crippen molar-refractivity contribution >= 4 is 11.8 Å². The average molecular weight is 389 g/mol. The minimum absolute atomic E-state index is 0.127. The van der Waals surface area contributed by atoms with E-state index in [1.807, 2.05) is 6.92 Å². The second-order valence-electron chi connectivity index (χ2n) is 6.11. The predicted molar refractivity (Wildman–Crippen MR) is 98.5 cm³/mol. The van der Waals surface area contributed by atoms with Gasteiger partial charge in [0.2, 0.25) is 0 Å². The number of rotatable bonds is 7. The van der Waals surface area contributed by atoms with Crippen LogP contribution in [0.2, 0.25) is 0 Å². The smallest absolute Gasteiger partial charge is 0.273 e. The number of H-pyrrole nitrogens is 1. The molecule has 1 aliphatic rings. The Kier molecular flexibility index (Phi) is 6.43. The second kappa shape index (κ2) is 9.18. The largest absolute Gasteiger partial charge is 0.493 e. The van der Waals surface area contributed by atoms with Gasteiger partial charge in [-0.3, -0.25) is 9.59 Å². The number of aromatic amines is 1. The van der Waals surface area contributed by atoms with Gasteiger partial charge in [0.05, 0.1) is 32.6 Å². The van der Waals surface area contributed by atoms with E-state index in [1.54, 1.807) is 23.1 Å². The molecule has 10 nitrogen and oxygen atoms in total. The molecule has 1 saturated heterocycles. The van der Waals surface area contributed by atoms with E-state index >= 15 is 0 Å². The number of hydrogen-bond acceptors (Lipinski definition) is 7. The van der Waals surface area contributed by atoms with E-state index in [4.69, 9.17) is 14.2 Å². The van der Waals surface area contributed by atoms with Gasteiger partial charge in [0.1, 0.15) is 0 Å². The lowest BCUT2D eigenvalue weighted by Crippen LogP contribution is -2.49. The molecule has 0 spiro atoms. The van der Waals surface area contributed by atoms with Crippen molar-refractivity contribution in [2.45, 2.75) is 13.0 Å². The highest BCUT2D eigenvalue weighted by Gasteiger charge is 2.26. The van der Waals surface area contributed by atoms with Crippen LogP contribution in [0.1, 0.15) is 27.8 Å². The fourth-order valence-electron chi connectivity index (χ4n) is 2.89. The van der Waals surface area contributed by atoms with Gasteiger partial charge in [0.25, 0.3) is 11.8 Å². The van der Waals surface area contributed by atoms with Crippen molar-refractivity contribution in [3.05, 3.63) is 35.7 Å². The van der Waals surface area contributed by atoms with Gasteiger partial charge in [0, 0.05) is 25.2 Å². The van der Waals surface area contributed by atoms with Crippen molar-refractivity contribution in [1.29, 1.82) is 0 Å². The Balaban J connectivity index is 1.60. The summed E-state index contributed by atoms with van der Waals surface area (Å²) in [5.74, 6) is 0.629. The molecule has 2 heterocycles. The van der Waals surface area contributed by atoms with Gasteiger partial charge in [-0.05, 0) is 25.1 Å². The SMILES string of the molecule is CCOc1ccc(C(=O)N2CCOC(CNC(=O)c3cn[nH]n3)C2)cc1OC. The second-order valence-corrected chi connectivity index (χ2v) is 6.11. The summed E-state index contributed by atoms with van der Waals surface area (Å²) in [6, 6.07) is 5.11. The molecule has 0 saturated carbocycles. The first-order chi connectivity index (χ1) is 13.6. The Morgan fingerprint density at radius 2 is 2.25 bits per heavy atom. The van der Waals surface area contributed by atoms with Gasteiger partial charge >= 0.3 is 0 Å². The van der Waals surface area contributed by atoms with Gasteiger partial charge in [-0.1, -0.05) is 0 Å². The lowest BCUT2D eigenvalue weighted by atomic mass is 10.1. The first-order valence-electron chi connectivity index (χ1n) is 8.98. The molecule has 2 amide bonds. The van der Waals surface area contributed by atoms with Gasteiger partial charge in [-0.25, -0.2) is 0 Å². The number of carbonyl (C=O) groups is 2. The molecule has 1 unspecified atom stereocenters. The highest BCUT2D eigenvalue weighted by molar-refractivity contribution is 5.95. The molecule has 10 heteroatoms. The fraction of sp³-hybridized carbons (Fsp3) is 0.444. The van der Waals surface area contributed by atoms with Crippen LogP contribution in [0.3, 0.4) is 0 Å². The molecule has 150 valence electrons. The number of nitrogens with one attached hydrogen (secondary N) is 2. The van der Waals surface area contributed by atoms with E-state index in [0.717, 1.165) is 0 Å². The number of amides is 2. The highest BCUT2D eigenvalue weighted by atomic mass is 16.5. The number of methoxy groups -OCH3 is 1. The lowest BCUT2D eigenvalue weighted by Gasteiger charge is -2.33. The standard InChI is InChI=1S/C18H23N5O5/c1-3-27-15-5-4-12(8-16(15)26-2)18(25)23-6-7-28-13(11-23)9-19-17(24)14-10-20-22-21-14/h4-5,8,10,13H,3,6-7,9,11H2,1-2H3,(H,19,24)(H,20,21,22). The average Bonchev–Trinajstić information content (AvgIpc) is 3.27. The molecule has 0 aliphatic carbocycles. The van der Waals surface area contributed by atoms with Crippen LogP contribution >= 0.6 is 0 Å². The summed E-state index contributed by atoms with van der Waals surface area (Å²) in [6.07, 6.45) is 1.03. The number of aromatic nitrogens is 3. The van der Waals surface area contributed by atoms with Gasteiger partial charge in [-0.15, -0.1) is 0 Å². The molecule has 2 aromatic rings. The zero-order valence-electron chi connectivity index (χ0n) is 15.8. The molecule has 1 fully saturated rings. The summed E-state index contributed by atoms with van der Waals surface area (Å²) in [5.41, 5.74) is 0.706. The molecule has 28 heavy (non-hydrogen) atoms. The molecule has 0 radical (unpaired) electrons. The molecule has 1 aromatic heterocycles. The molecular weight excluding hydrogens is 366 g/mol. The summed E-state index contributed by atoms with van der Waals surface area (Å²) in [7, 11) is 1.54. The zero-order valence-corrected chi connectivity index (χ0v) is 15.8. The molecule has 3 rings (SSSR count). The minimum atomic E-state index is -0.350. The third kappa shape index (κ3) is 4.58. The summed E-state index contributed by atoms with van der Waals surface area (Å²) in [4.78, 5) is 26.5. The predicted octanol–water partition coefficient (Wildman–Crippen LogP) is 0.483. The quantitative estimate of drug-likeness (QED) is 0.707. The van der Waals surface area contributed by atoms with E-state index in [9.17, 15) is 9.59 Å². The van der Waals surface area contributed by atoms with Crippen LogP contribution < -0.4 is 14.8 Å². The minimum Gasteiger partial charge on any atom is -0.493 e. The maximum atomic E-state index is 12.9. The number of benzene rings is 1.